The zero-order valence-corrected chi connectivity index (χ0v) is 16.3. The molecule has 0 heterocycles. The number of carboxylic acid groups (broad SMARTS) is 1. The average molecular weight is 366 g/mol. The number of ketones is 1. The van der Waals surface area contributed by atoms with Gasteiger partial charge in [0.1, 0.15) is 5.78 Å². The Kier molecular flexibility index (Phi) is 9.81. The van der Waals surface area contributed by atoms with Gasteiger partial charge in [-0.1, -0.05) is 38.5 Å². The van der Waals surface area contributed by atoms with Crippen LogP contribution in [0.3, 0.4) is 0 Å². The predicted molar refractivity (Wildman–Crippen MR) is 102 cm³/mol. The highest BCUT2D eigenvalue weighted by atomic mass is 16.5. The molecule has 0 saturated heterocycles. The molecule has 1 fully saturated rings. The lowest BCUT2D eigenvalue weighted by Crippen LogP contribution is -2.32. The number of unbranched alkanes of at least 4 members (excludes halogenated alkanes) is 2. The Labute approximate surface area is 157 Å². The monoisotopic (exact) mass is 366 g/mol. The first-order chi connectivity index (χ1) is 12.3. The van der Waals surface area contributed by atoms with Gasteiger partial charge in [0.25, 0.3) is 0 Å². The highest BCUT2D eigenvalue weighted by Gasteiger charge is 2.33. The maximum atomic E-state index is 12.2. The van der Waals surface area contributed by atoms with E-state index in [1.54, 1.807) is 6.08 Å². The van der Waals surface area contributed by atoms with E-state index in [0.29, 0.717) is 25.4 Å². The molecule has 0 aromatic heterocycles. The molecule has 1 aliphatic carbocycles. The number of ether oxygens (including phenoxy) is 1. The van der Waals surface area contributed by atoms with Gasteiger partial charge in [-0.25, -0.2) is 4.79 Å². The number of aliphatic hydroxyl groups excluding tert-OH is 1. The summed E-state index contributed by atoms with van der Waals surface area (Å²) in [6.07, 6.45) is 10.8. The molecule has 26 heavy (non-hydrogen) atoms. The molecule has 3 atom stereocenters. The van der Waals surface area contributed by atoms with Crippen LogP contribution in [0.2, 0.25) is 0 Å². The average Bonchev–Trinajstić information content (AvgIpc) is 2.93. The van der Waals surface area contributed by atoms with Crippen molar-refractivity contribution in [3.8, 4) is 0 Å². The van der Waals surface area contributed by atoms with Crippen molar-refractivity contribution in [2.24, 2.45) is 17.3 Å². The maximum absolute atomic E-state index is 12.2. The third-order valence-corrected chi connectivity index (χ3v) is 5.07. The Morgan fingerprint density at radius 3 is 2.77 bits per heavy atom. The number of aliphatic carboxylic acids is 1. The second-order valence-electron chi connectivity index (χ2n) is 7.76. The number of rotatable bonds is 12. The summed E-state index contributed by atoms with van der Waals surface area (Å²) in [5.41, 5.74) is -0.360. The number of hydrogen-bond acceptors (Lipinski definition) is 4. The minimum Gasteiger partial charge on any atom is -0.478 e. The van der Waals surface area contributed by atoms with E-state index in [-0.39, 0.29) is 17.3 Å². The van der Waals surface area contributed by atoms with E-state index in [9.17, 15) is 14.7 Å². The first-order valence-corrected chi connectivity index (χ1v) is 9.64. The Balaban J connectivity index is 2.49. The van der Waals surface area contributed by atoms with Crippen LogP contribution in [0, 0.1) is 17.3 Å². The molecule has 0 amide bonds. The van der Waals surface area contributed by atoms with Crippen LogP contribution in [0.25, 0.3) is 0 Å². The minimum atomic E-state index is -0.924. The summed E-state index contributed by atoms with van der Waals surface area (Å²) in [7, 11) is 0. The van der Waals surface area contributed by atoms with E-state index in [1.807, 2.05) is 32.9 Å². The summed E-state index contributed by atoms with van der Waals surface area (Å²) < 4.78 is 5.44. The van der Waals surface area contributed by atoms with Crippen LogP contribution in [0.1, 0.15) is 59.3 Å². The number of Topliss-reactive ketones (excluding diaryl/α,β-unsaturated/α-hetero) is 1. The first-order valence-electron chi connectivity index (χ1n) is 9.64. The Morgan fingerprint density at radius 2 is 2.12 bits per heavy atom. The van der Waals surface area contributed by atoms with E-state index in [1.165, 1.54) is 0 Å². The van der Waals surface area contributed by atoms with Gasteiger partial charge in [-0.05, 0) is 38.5 Å². The molecular formula is C21H34O5. The largest absolute Gasteiger partial charge is 0.478 e. The van der Waals surface area contributed by atoms with Gasteiger partial charge in [0.15, 0.2) is 0 Å². The fourth-order valence-electron chi connectivity index (χ4n) is 3.31. The van der Waals surface area contributed by atoms with Crippen LogP contribution in [-0.2, 0) is 14.3 Å². The van der Waals surface area contributed by atoms with E-state index >= 15 is 0 Å². The standard InChI is InChI=1S/C21H34O5/c1-4-26-15-21(2,3)19(23)14-12-16-11-13-18(22)17(16)9-7-5-6-8-10-20(24)25/h8,10,12,14,16-17,19,23H,4-7,9,11,13,15H2,1-3H3,(H,24,25)/b10-8+,14-12+/t16-,17-,19?/m1/s1. The summed E-state index contributed by atoms with van der Waals surface area (Å²) in [5.74, 6) is -0.401. The normalized spacial score (nSPS) is 22.5. The molecule has 0 bridgehead atoms. The van der Waals surface area contributed by atoms with Crippen LogP contribution in [0.15, 0.2) is 24.3 Å². The summed E-state index contributed by atoms with van der Waals surface area (Å²) >= 11 is 0. The highest BCUT2D eigenvalue weighted by molar-refractivity contribution is 5.83. The fourth-order valence-corrected chi connectivity index (χ4v) is 3.31. The van der Waals surface area contributed by atoms with E-state index in [4.69, 9.17) is 9.84 Å². The molecule has 0 aliphatic heterocycles. The van der Waals surface area contributed by atoms with Crippen molar-refractivity contribution in [1.29, 1.82) is 0 Å². The maximum Gasteiger partial charge on any atom is 0.327 e. The molecule has 1 saturated carbocycles. The van der Waals surface area contributed by atoms with Crippen molar-refractivity contribution in [3.63, 3.8) is 0 Å². The molecule has 5 nitrogen and oxygen atoms in total. The number of hydrogen-bond donors (Lipinski definition) is 2. The number of carboxylic acids is 1. The smallest absolute Gasteiger partial charge is 0.327 e. The second-order valence-corrected chi connectivity index (χ2v) is 7.76. The van der Waals surface area contributed by atoms with Crippen LogP contribution in [-0.4, -0.2) is 41.3 Å². The van der Waals surface area contributed by atoms with Gasteiger partial charge in [-0.3, -0.25) is 4.79 Å². The van der Waals surface area contributed by atoms with Crippen LogP contribution >= 0.6 is 0 Å². The molecule has 5 heteroatoms. The minimum absolute atomic E-state index is 0.0249. The van der Waals surface area contributed by atoms with E-state index < -0.39 is 12.1 Å². The Morgan fingerprint density at radius 1 is 1.38 bits per heavy atom. The SMILES string of the molecule is CCOCC(C)(C)C(O)/C=C/[C@H]1CCC(=O)[C@@H]1CCCC/C=C/C(=O)O. The highest BCUT2D eigenvalue weighted by Crippen LogP contribution is 2.34. The molecule has 0 spiro atoms. The van der Waals surface area contributed by atoms with Crippen molar-refractivity contribution in [2.45, 2.75) is 65.4 Å². The van der Waals surface area contributed by atoms with Crippen molar-refractivity contribution in [1.82, 2.24) is 0 Å². The number of allylic oxidation sites excluding steroid dienone is 2. The van der Waals surface area contributed by atoms with Crippen LogP contribution in [0.5, 0.6) is 0 Å². The van der Waals surface area contributed by atoms with Crippen LogP contribution in [0.4, 0.5) is 0 Å². The zero-order valence-electron chi connectivity index (χ0n) is 16.3. The molecule has 1 unspecified atom stereocenters. The van der Waals surface area contributed by atoms with Gasteiger partial charge < -0.3 is 14.9 Å². The van der Waals surface area contributed by atoms with Gasteiger partial charge >= 0.3 is 5.97 Å². The molecule has 0 aromatic carbocycles. The third-order valence-electron chi connectivity index (χ3n) is 5.07. The summed E-state index contributed by atoms with van der Waals surface area (Å²) in [5, 5.41) is 19.0. The molecule has 2 N–H and O–H groups in total. The van der Waals surface area contributed by atoms with Gasteiger partial charge in [0.05, 0.1) is 12.7 Å². The Hall–Kier alpha value is -1.46. The predicted octanol–water partition coefficient (Wildman–Crippen LogP) is 3.76. The Bertz CT molecular complexity index is 507. The van der Waals surface area contributed by atoms with Gasteiger partial charge in [-0.15, -0.1) is 0 Å². The topological polar surface area (TPSA) is 83.8 Å². The zero-order chi connectivity index (χ0) is 19.6. The van der Waals surface area contributed by atoms with E-state index in [0.717, 1.165) is 38.2 Å². The fraction of sp³-hybridized carbons (Fsp3) is 0.714. The number of aliphatic hydroxyl groups is 1. The summed E-state index contributed by atoms with van der Waals surface area (Å²) in [6, 6.07) is 0. The quantitative estimate of drug-likeness (QED) is 0.312. The van der Waals surface area contributed by atoms with Crippen molar-refractivity contribution in [3.05, 3.63) is 24.3 Å². The molecule has 148 valence electrons. The van der Waals surface area contributed by atoms with Gasteiger partial charge in [0.2, 0.25) is 0 Å². The second kappa shape index (κ2) is 11.3. The molecule has 0 radical (unpaired) electrons. The van der Waals surface area contributed by atoms with Gasteiger partial charge in [0, 0.05) is 30.4 Å². The van der Waals surface area contributed by atoms with Crippen LogP contribution < -0.4 is 0 Å². The lowest BCUT2D eigenvalue weighted by atomic mass is 9.85. The molecular weight excluding hydrogens is 332 g/mol. The summed E-state index contributed by atoms with van der Waals surface area (Å²) in [6.45, 7) is 7.00. The van der Waals surface area contributed by atoms with Gasteiger partial charge in [-0.2, -0.15) is 0 Å². The first kappa shape index (κ1) is 22.6. The molecule has 0 aromatic rings. The summed E-state index contributed by atoms with van der Waals surface area (Å²) in [4.78, 5) is 22.6. The number of carbonyl (C=O) groups is 2. The van der Waals surface area contributed by atoms with Crippen molar-refractivity contribution in [2.75, 3.05) is 13.2 Å². The van der Waals surface area contributed by atoms with Crippen molar-refractivity contribution < 1.29 is 24.5 Å². The third kappa shape index (κ3) is 7.83. The van der Waals surface area contributed by atoms with E-state index in [2.05, 4.69) is 0 Å². The lowest BCUT2D eigenvalue weighted by Gasteiger charge is -2.28. The lowest BCUT2D eigenvalue weighted by molar-refractivity contribution is -0.131. The number of carbonyl (C=O) groups excluding carboxylic acids is 1. The van der Waals surface area contributed by atoms with Crippen molar-refractivity contribution >= 4 is 11.8 Å². The molecule has 1 aliphatic rings. The molecule has 1 rings (SSSR count).